The molecular formula is C10H6NOS. The molecule has 13 heavy (non-hydrogen) atoms. The lowest BCUT2D eigenvalue weighted by Crippen LogP contribution is -1.79. The first kappa shape index (κ1) is 8.13. The highest BCUT2D eigenvalue weighted by molar-refractivity contribution is 7.13. The second kappa shape index (κ2) is 3.49. The minimum Gasteiger partial charge on any atom is -0.296 e. The second-order valence-electron chi connectivity index (χ2n) is 2.47. The molecule has 0 unspecified atom stereocenters. The lowest BCUT2D eigenvalue weighted by Gasteiger charge is -1.91. The minimum absolute atomic E-state index is 0.484. The molecule has 1 heterocycles. The first-order valence-corrected chi connectivity index (χ1v) is 4.66. The smallest absolute Gasteiger partial charge is 0.169 e. The highest BCUT2D eigenvalue weighted by atomic mass is 32.1. The van der Waals surface area contributed by atoms with Crippen molar-refractivity contribution in [1.82, 2.24) is 4.98 Å². The summed E-state index contributed by atoms with van der Waals surface area (Å²) >= 11 is 1.45. The molecule has 0 bridgehead atoms. The van der Waals surface area contributed by atoms with E-state index in [2.05, 4.69) is 11.1 Å². The Balaban J connectivity index is 2.41. The molecule has 0 aliphatic heterocycles. The van der Waals surface area contributed by atoms with Gasteiger partial charge in [-0.2, -0.15) is 0 Å². The van der Waals surface area contributed by atoms with E-state index < -0.39 is 0 Å². The van der Waals surface area contributed by atoms with Crippen LogP contribution in [0.25, 0.3) is 10.6 Å². The molecule has 0 saturated carbocycles. The molecule has 1 aromatic carbocycles. The number of carbonyl (C=O) groups is 1. The first-order valence-electron chi connectivity index (χ1n) is 3.78. The monoisotopic (exact) mass is 188 g/mol. The van der Waals surface area contributed by atoms with Crippen LogP contribution in [0.15, 0.2) is 29.6 Å². The van der Waals surface area contributed by atoms with Crippen molar-refractivity contribution in [2.75, 3.05) is 0 Å². The number of hydrogen-bond donors (Lipinski definition) is 0. The normalized spacial score (nSPS) is 9.85. The van der Waals surface area contributed by atoms with E-state index in [-0.39, 0.29) is 0 Å². The SMILES string of the molecule is O=Cc1csc(-c2[c]cccc2)n1. The summed E-state index contributed by atoms with van der Waals surface area (Å²) in [7, 11) is 0. The molecule has 0 saturated heterocycles. The molecule has 0 aliphatic rings. The van der Waals surface area contributed by atoms with E-state index in [0.717, 1.165) is 16.9 Å². The largest absolute Gasteiger partial charge is 0.296 e. The third-order valence-electron chi connectivity index (χ3n) is 1.58. The summed E-state index contributed by atoms with van der Waals surface area (Å²) in [5, 5.41) is 2.58. The van der Waals surface area contributed by atoms with Gasteiger partial charge < -0.3 is 0 Å². The van der Waals surface area contributed by atoms with Gasteiger partial charge in [0.05, 0.1) is 0 Å². The van der Waals surface area contributed by atoms with Gasteiger partial charge in [0.1, 0.15) is 10.7 Å². The van der Waals surface area contributed by atoms with E-state index in [1.54, 1.807) is 5.38 Å². The van der Waals surface area contributed by atoms with E-state index in [1.807, 2.05) is 24.3 Å². The molecular weight excluding hydrogens is 182 g/mol. The zero-order chi connectivity index (χ0) is 9.10. The van der Waals surface area contributed by atoms with E-state index in [0.29, 0.717) is 5.69 Å². The Hall–Kier alpha value is -1.48. The molecule has 0 atom stereocenters. The van der Waals surface area contributed by atoms with Crippen molar-refractivity contribution in [3.8, 4) is 10.6 Å². The molecule has 0 amide bonds. The molecule has 2 nitrogen and oxygen atoms in total. The summed E-state index contributed by atoms with van der Waals surface area (Å²) in [5.74, 6) is 0. The van der Waals surface area contributed by atoms with Gasteiger partial charge in [0.2, 0.25) is 0 Å². The maximum Gasteiger partial charge on any atom is 0.169 e. The van der Waals surface area contributed by atoms with Gasteiger partial charge in [0.25, 0.3) is 0 Å². The fourth-order valence-corrected chi connectivity index (χ4v) is 1.74. The average Bonchev–Trinajstić information content (AvgIpc) is 2.67. The van der Waals surface area contributed by atoms with Crippen molar-refractivity contribution >= 4 is 17.6 Å². The number of rotatable bonds is 2. The van der Waals surface area contributed by atoms with Crippen LogP contribution in [0, 0.1) is 6.07 Å². The summed E-state index contributed by atoms with van der Waals surface area (Å²) in [4.78, 5) is 14.5. The van der Waals surface area contributed by atoms with Gasteiger partial charge in [0, 0.05) is 10.9 Å². The lowest BCUT2D eigenvalue weighted by molar-refractivity contribution is 0.111. The third-order valence-corrected chi connectivity index (χ3v) is 2.48. The summed E-state index contributed by atoms with van der Waals surface area (Å²) in [6.45, 7) is 0. The lowest BCUT2D eigenvalue weighted by atomic mass is 10.2. The maximum absolute atomic E-state index is 10.4. The maximum atomic E-state index is 10.4. The van der Waals surface area contributed by atoms with Gasteiger partial charge in [-0.1, -0.05) is 24.3 Å². The van der Waals surface area contributed by atoms with Crippen LogP contribution in [0.1, 0.15) is 10.5 Å². The van der Waals surface area contributed by atoms with Gasteiger partial charge in [0.15, 0.2) is 6.29 Å². The second-order valence-corrected chi connectivity index (χ2v) is 3.33. The Morgan fingerprint density at radius 1 is 1.46 bits per heavy atom. The molecule has 0 aliphatic carbocycles. The van der Waals surface area contributed by atoms with Gasteiger partial charge in [-0.3, -0.25) is 4.79 Å². The van der Waals surface area contributed by atoms with Crippen molar-refractivity contribution in [1.29, 1.82) is 0 Å². The molecule has 1 radical (unpaired) electrons. The van der Waals surface area contributed by atoms with Crippen LogP contribution in [0.2, 0.25) is 0 Å². The molecule has 0 spiro atoms. The fourth-order valence-electron chi connectivity index (χ4n) is 0.990. The zero-order valence-electron chi connectivity index (χ0n) is 6.73. The van der Waals surface area contributed by atoms with Crippen LogP contribution in [-0.4, -0.2) is 11.3 Å². The topological polar surface area (TPSA) is 30.0 Å². The molecule has 63 valence electrons. The van der Waals surface area contributed by atoms with Gasteiger partial charge >= 0.3 is 0 Å². The van der Waals surface area contributed by atoms with Crippen molar-refractivity contribution < 1.29 is 4.79 Å². The quantitative estimate of drug-likeness (QED) is 0.677. The summed E-state index contributed by atoms with van der Waals surface area (Å²) in [5.41, 5.74) is 1.41. The highest BCUT2D eigenvalue weighted by Crippen LogP contribution is 2.21. The number of aldehydes is 1. The van der Waals surface area contributed by atoms with Crippen molar-refractivity contribution in [3.63, 3.8) is 0 Å². The van der Waals surface area contributed by atoms with Gasteiger partial charge in [-0.05, 0) is 6.07 Å². The van der Waals surface area contributed by atoms with Crippen LogP contribution < -0.4 is 0 Å². The van der Waals surface area contributed by atoms with Crippen molar-refractivity contribution in [2.45, 2.75) is 0 Å². The summed E-state index contributed by atoms with van der Waals surface area (Å²) < 4.78 is 0. The van der Waals surface area contributed by atoms with Crippen molar-refractivity contribution in [2.24, 2.45) is 0 Å². The molecule has 2 rings (SSSR count). The number of hydrogen-bond acceptors (Lipinski definition) is 3. The molecule has 2 aromatic rings. The predicted octanol–water partition coefficient (Wildman–Crippen LogP) is 2.42. The number of nitrogens with zero attached hydrogens (tertiary/aromatic N) is 1. The highest BCUT2D eigenvalue weighted by Gasteiger charge is 2.02. The van der Waals surface area contributed by atoms with E-state index in [1.165, 1.54) is 11.3 Å². The number of thiazole rings is 1. The predicted molar refractivity (Wildman–Crippen MR) is 51.8 cm³/mol. The fraction of sp³-hybridized carbons (Fsp3) is 0. The van der Waals surface area contributed by atoms with E-state index in [4.69, 9.17) is 0 Å². The number of aromatic nitrogens is 1. The summed E-state index contributed by atoms with van der Waals surface area (Å²) in [6.07, 6.45) is 0.753. The van der Waals surface area contributed by atoms with E-state index in [9.17, 15) is 4.79 Å². The van der Waals surface area contributed by atoms with Crippen LogP contribution in [0.4, 0.5) is 0 Å². The Morgan fingerprint density at radius 3 is 3.00 bits per heavy atom. The van der Waals surface area contributed by atoms with Crippen molar-refractivity contribution in [3.05, 3.63) is 41.4 Å². The van der Waals surface area contributed by atoms with Gasteiger partial charge in [-0.25, -0.2) is 4.98 Å². The standard InChI is InChI=1S/C10H6NOS/c12-6-9-7-13-10(11-9)8-4-2-1-3-5-8/h1-4,6-7H. The van der Waals surface area contributed by atoms with Gasteiger partial charge in [-0.15, -0.1) is 11.3 Å². The molecule has 3 heteroatoms. The Kier molecular flexibility index (Phi) is 2.19. The Morgan fingerprint density at radius 2 is 2.38 bits per heavy atom. The van der Waals surface area contributed by atoms with Crippen LogP contribution in [0.5, 0.6) is 0 Å². The summed E-state index contributed by atoms with van der Waals surface area (Å²) in [6, 6.07) is 10.6. The zero-order valence-corrected chi connectivity index (χ0v) is 7.54. The Bertz CT molecular complexity index is 408. The van der Waals surface area contributed by atoms with Crippen LogP contribution in [0.3, 0.4) is 0 Å². The van der Waals surface area contributed by atoms with Crippen LogP contribution >= 0.6 is 11.3 Å². The van der Waals surface area contributed by atoms with E-state index >= 15 is 0 Å². The molecule has 0 N–H and O–H groups in total. The third kappa shape index (κ3) is 1.65. The average molecular weight is 188 g/mol. The molecule has 1 aromatic heterocycles. The van der Waals surface area contributed by atoms with Crippen LogP contribution in [-0.2, 0) is 0 Å². The number of benzene rings is 1. The number of carbonyl (C=O) groups excluding carboxylic acids is 1. The minimum atomic E-state index is 0.484. The molecule has 0 fully saturated rings. The Labute approximate surface area is 79.9 Å². The first-order chi connectivity index (χ1) is 6.40.